The zero-order valence-electron chi connectivity index (χ0n) is 30.3. The Labute approximate surface area is 311 Å². The molecule has 0 aliphatic carbocycles. The third kappa shape index (κ3) is 11.3. The third-order valence-corrected chi connectivity index (χ3v) is 9.22. The van der Waals surface area contributed by atoms with Crippen LogP contribution in [0.25, 0.3) is 11.1 Å². The van der Waals surface area contributed by atoms with Crippen molar-refractivity contribution in [2.24, 2.45) is 0 Å². The Bertz CT molecular complexity index is 2050. The van der Waals surface area contributed by atoms with Crippen LogP contribution in [0.1, 0.15) is 40.8 Å². The molecule has 0 heterocycles. The maximum Gasteiger partial charge on any atom is 0.345 e. The predicted octanol–water partition coefficient (Wildman–Crippen LogP) is 7.09. The second-order valence-electron chi connectivity index (χ2n) is 13.0. The predicted molar refractivity (Wildman–Crippen MR) is 207 cm³/mol. The Balaban J connectivity index is 1.15. The fourth-order valence-electron chi connectivity index (χ4n) is 5.95. The second kappa shape index (κ2) is 17.9. The molecule has 0 aliphatic rings. The molecular weight excluding hydrogens is 693 g/mol. The minimum absolute atomic E-state index is 0.250. The summed E-state index contributed by atoms with van der Waals surface area (Å²) < 4.78 is 44.6. The first kappa shape index (κ1) is 38.9. The summed E-state index contributed by atoms with van der Waals surface area (Å²) in [6.45, 7) is 6.88. The Kier molecular flexibility index (Phi) is 13.1. The van der Waals surface area contributed by atoms with E-state index in [1.165, 1.54) is 0 Å². The molecule has 0 amide bonds. The molecule has 0 aromatic heterocycles. The van der Waals surface area contributed by atoms with Gasteiger partial charge in [-0.05, 0) is 96.1 Å². The molecule has 3 atom stereocenters. The first-order valence-electron chi connectivity index (χ1n) is 17.3. The smallest absolute Gasteiger partial charge is 0.345 e. The molecule has 1 unspecified atom stereocenters. The van der Waals surface area contributed by atoms with E-state index in [1.807, 2.05) is 106 Å². The lowest BCUT2D eigenvalue weighted by Gasteiger charge is -2.23. The highest BCUT2D eigenvalue weighted by molar-refractivity contribution is 7.92. The molecule has 0 saturated heterocycles. The topological polar surface area (TPSA) is 143 Å². The zero-order chi connectivity index (χ0) is 38.0. The summed E-state index contributed by atoms with van der Waals surface area (Å²) in [4.78, 5) is 11.9. The summed E-state index contributed by atoms with van der Waals surface area (Å²) in [5.74, 6) is 0.592. The molecule has 0 fully saturated rings. The highest BCUT2D eigenvalue weighted by Gasteiger charge is 2.21. The number of aliphatic hydroxyl groups is 1. The van der Waals surface area contributed by atoms with E-state index < -0.39 is 28.2 Å². The van der Waals surface area contributed by atoms with Crippen molar-refractivity contribution >= 4 is 21.7 Å². The molecule has 278 valence electrons. The highest BCUT2D eigenvalue weighted by atomic mass is 32.2. The fraction of sp³-hybridized carbons (Fsp3) is 0.262. The monoisotopic (exact) mass is 738 g/mol. The van der Waals surface area contributed by atoms with E-state index in [0.29, 0.717) is 30.2 Å². The van der Waals surface area contributed by atoms with Crippen molar-refractivity contribution < 1.29 is 37.6 Å². The van der Waals surface area contributed by atoms with Crippen LogP contribution in [0.3, 0.4) is 0 Å². The van der Waals surface area contributed by atoms with Gasteiger partial charge in [0.15, 0.2) is 6.10 Å². The van der Waals surface area contributed by atoms with E-state index in [2.05, 4.69) is 10.0 Å². The summed E-state index contributed by atoms with van der Waals surface area (Å²) in [6.07, 6.45) is -0.604. The zero-order valence-corrected chi connectivity index (χ0v) is 31.1. The summed E-state index contributed by atoms with van der Waals surface area (Å²) in [6, 6.07) is 35.0. The van der Waals surface area contributed by atoms with Crippen molar-refractivity contribution in [2.75, 3.05) is 24.1 Å². The van der Waals surface area contributed by atoms with Gasteiger partial charge in [-0.2, -0.15) is 0 Å². The molecular formula is C42H46N2O8S. The fourth-order valence-corrected chi connectivity index (χ4v) is 6.51. The standard InChI is InChI=1S/C42H46N2O8S/c1-28-23-35(33-15-18-36(19-16-33)52-39(42(46)47)25-31-11-7-5-8-12-31)24-29(2)41(28)50-22-21-43-30(3)40(45)34-17-20-38(37(26-34)44-53(4,48)49)51-27-32-13-9-6-10-14-32/h5-20,23-24,26,30,39-40,43-45H,21-22,25,27H2,1-4H3,(H,46,47)/t30-,39?,40-/m0/s1. The molecule has 0 bridgehead atoms. The number of hydrogen-bond acceptors (Lipinski definition) is 8. The van der Waals surface area contributed by atoms with Crippen LogP contribution in [0, 0.1) is 13.8 Å². The average Bonchev–Trinajstić information content (AvgIpc) is 3.13. The van der Waals surface area contributed by atoms with E-state index in [1.54, 1.807) is 30.3 Å². The molecule has 10 nitrogen and oxygen atoms in total. The summed E-state index contributed by atoms with van der Waals surface area (Å²) in [5.41, 5.74) is 6.48. The van der Waals surface area contributed by atoms with Gasteiger partial charge >= 0.3 is 5.97 Å². The Morgan fingerprint density at radius 2 is 1.42 bits per heavy atom. The van der Waals surface area contributed by atoms with E-state index in [0.717, 1.165) is 45.4 Å². The maximum atomic E-state index is 12.1. The number of hydrogen-bond donors (Lipinski definition) is 4. The number of carbonyl (C=O) groups is 1. The van der Waals surface area contributed by atoms with Crippen LogP contribution in [-0.4, -0.2) is 56.2 Å². The highest BCUT2D eigenvalue weighted by Crippen LogP contribution is 2.33. The van der Waals surface area contributed by atoms with Gasteiger partial charge < -0.3 is 29.7 Å². The number of carboxylic acids is 1. The first-order chi connectivity index (χ1) is 25.4. The number of aliphatic carboxylic acids is 1. The van der Waals surface area contributed by atoms with Crippen molar-refractivity contribution in [3.63, 3.8) is 0 Å². The Morgan fingerprint density at radius 1 is 0.792 bits per heavy atom. The summed E-state index contributed by atoms with van der Waals surface area (Å²) in [7, 11) is -3.60. The van der Waals surface area contributed by atoms with Gasteiger partial charge in [0.2, 0.25) is 10.0 Å². The van der Waals surface area contributed by atoms with Crippen LogP contribution in [0.2, 0.25) is 0 Å². The lowest BCUT2D eigenvalue weighted by Crippen LogP contribution is -2.35. The van der Waals surface area contributed by atoms with Crippen LogP contribution in [0.15, 0.2) is 115 Å². The number of anilines is 1. The van der Waals surface area contributed by atoms with E-state index in [-0.39, 0.29) is 24.8 Å². The molecule has 4 N–H and O–H groups in total. The summed E-state index contributed by atoms with van der Waals surface area (Å²) >= 11 is 0. The lowest BCUT2D eigenvalue weighted by atomic mass is 9.99. The lowest BCUT2D eigenvalue weighted by molar-refractivity contribution is -0.145. The van der Waals surface area contributed by atoms with Crippen molar-refractivity contribution in [1.29, 1.82) is 0 Å². The number of aliphatic hydroxyl groups excluding tert-OH is 1. The van der Waals surface area contributed by atoms with Crippen molar-refractivity contribution in [3.8, 4) is 28.4 Å². The van der Waals surface area contributed by atoms with Crippen LogP contribution < -0.4 is 24.2 Å². The minimum atomic E-state index is -3.60. The van der Waals surface area contributed by atoms with Gasteiger partial charge in [-0.15, -0.1) is 0 Å². The molecule has 0 aliphatic heterocycles. The quantitative estimate of drug-likeness (QED) is 0.0694. The van der Waals surface area contributed by atoms with Crippen LogP contribution in [0.4, 0.5) is 5.69 Å². The molecule has 11 heteroatoms. The minimum Gasteiger partial charge on any atom is -0.492 e. The molecule has 0 radical (unpaired) electrons. The largest absolute Gasteiger partial charge is 0.492 e. The first-order valence-corrected chi connectivity index (χ1v) is 19.2. The van der Waals surface area contributed by atoms with Gasteiger partial charge in [-0.25, -0.2) is 13.2 Å². The van der Waals surface area contributed by atoms with E-state index >= 15 is 0 Å². The summed E-state index contributed by atoms with van der Waals surface area (Å²) in [5, 5.41) is 24.2. The van der Waals surface area contributed by atoms with Gasteiger partial charge in [0.1, 0.15) is 30.5 Å². The Hall–Kier alpha value is -5.36. The van der Waals surface area contributed by atoms with Crippen molar-refractivity contribution in [2.45, 2.75) is 52.0 Å². The molecule has 0 saturated carbocycles. The van der Waals surface area contributed by atoms with E-state index in [4.69, 9.17) is 14.2 Å². The van der Waals surface area contributed by atoms with Gasteiger partial charge in [-0.3, -0.25) is 4.72 Å². The van der Waals surface area contributed by atoms with Gasteiger partial charge in [0.25, 0.3) is 0 Å². The SMILES string of the molecule is Cc1cc(-c2ccc(OC(Cc3ccccc3)C(=O)O)cc2)cc(C)c1OCCN[C@@H](C)[C@H](O)c1ccc(OCc2ccccc2)c(NS(C)(=O)=O)c1. The number of aryl methyl sites for hydroxylation is 2. The van der Waals surface area contributed by atoms with E-state index in [9.17, 15) is 23.4 Å². The molecule has 5 aromatic rings. The molecule has 53 heavy (non-hydrogen) atoms. The molecule has 5 rings (SSSR count). The second-order valence-corrected chi connectivity index (χ2v) is 14.8. The van der Waals surface area contributed by atoms with Crippen LogP contribution in [-0.2, 0) is 27.8 Å². The molecule has 0 spiro atoms. The van der Waals surface area contributed by atoms with Gasteiger partial charge in [0, 0.05) is 19.0 Å². The average molecular weight is 739 g/mol. The van der Waals surface area contributed by atoms with Gasteiger partial charge in [-0.1, -0.05) is 78.9 Å². The maximum absolute atomic E-state index is 12.1. The molecule has 5 aromatic carbocycles. The number of carboxylic acid groups (broad SMARTS) is 1. The third-order valence-electron chi connectivity index (χ3n) is 8.63. The van der Waals surface area contributed by atoms with Crippen molar-refractivity contribution in [3.05, 3.63) is 143 Å². The van der Waals surface area contributed by atoms with Crippen LogP contribution >= 0.6 is 0 Å². The van der Waals surface area contributed by atoms with Crippen molar-refractivity contribution in [1.82, 2.24) is 5.32 Å². The number of sulfonamides is 1. The van der Waals surface area contributed by atoms with Gasteiger partial charge in [0.05, 0.1) is 18.0 Å². The number of benzene rings is 5. The number of rotatable bonds is 18. The Morgan fingerprint density at radius 3 is 2.02 bits per heavy atom. The normalized spacial score (nSPS) is 13.1. The number of nitrogens with one attached hydrogen (secondary N) is 2. The number of ether oxygens (including phenoxy) is 3. The van der Waals surface area contributed by atoms with Crippen LogP contribution in [0.5, 0.6) is 17.2 Å².